The molecule has 3 nitrogen and oxygen atoms in total. The molecule has 1 unspecified atom stereocenters. The number of aliphatic hydroxyl groups is 2. The van der Waals surface area contributed by atoms with Gasteiger partial charge in [-0.15, -0.1) is 0 Å². The van der Waals surface area contributed by atoms with Crippen LogP contribution < -0.4 is 4.90 Å². The molecule has 0 aliphatic carbocycles. The molecule has 1 aliphatic heterocycles. The van der Waals surface area contributed by atoms with Gasteiger partial charge in [0.1, 0.15) is 12.1 Å². The second kappa shape index (κ2) is 8.27. The molecule has 1 fully saturated rings. The maximum Gasteiger partial charge on any atom is 0.106 e. The van der Waals surface area contributed by atoms with Gasteiger partial charge in [0.25, 0.3) is 0 Å². The Morgan fingerprint density at radius 1 is 0.857 bits per heavy atom. The van der Waals surface area contributed by atoms with Crippen molar-refractivity contribution in [3.8, 4) is 0 Å². The van der Waals surface area contributed by atoms with Crippen LogP contribution >= 0.6 is 0 Å². The molecule has 4 atom stereocenters. The maximum absolute atomic E-state index is 11.7. The summed E-state index contributed by atoms with van der Waals surface area (Å²) < 4.78 is 0. The Balaban J connectivity index is 1.64. The van der Waals surface area contributed by atoms with Crippen molar-refractivity contribution in [2.45, 2.75) is 24.7 Å². The molecule has 0 aromatic heterocycles. The number of aliphatic hydroxyl groups excluding tert-OH is 1. The fraction of sp³-hybridized carbons (Fsp3) is 0.280. The van der Waals surface area contributed by atoms with Gasteiger partial charge in [0.15, 0.2) is 0 Å². The molecule has 28 heavy (non-hydrogen) atoms. The summed E-state index contributed by atoms with van der Waals surface area (Å²) in [5.74, 6) is -0.273. The Hall–Kier alpha value is -2.46. The van der Waals surface area contributed by atoms with Crippen LogP contribution in [-0.2, 0) is 12.1 Å². The van der Waals surface area contributed by atoms with Crippen LogP contribution in [0.25, 0.3) is 0 Å². The van der Waals surface area contributed by atoms with Gasteiger partial charge in [-0.3, -0.25) is 0 Å². The molecule has 3 N–H and O–H groups in total. The van der Waals surface area contributed by atoms with Crippen LogP contribution in [0.1, 0.15) is 29.2 Å². The highest BCUT2D eigenvalue weighted by Crippen LogP contribution is 2.41. The minimum absolute atomic E-state index is 0.273. The average Bonchev–Trinajstić information content (AvgIpc) is 2.77. The second-order valence-corrected chi connectivity index (χ2v) is 7.87. The van der Waals surface area contributed by atoms with E-state index in [0.717, 1.165) is 30.8 Å². The lowest BCUT2D eigenvalue weighted by Gasteiger charge is -2.45. The van der Waals surface area contributed by atoms with Gasteiger partial charge >= 0.3 is 0 Å². The normalized spacial score (nSPS) is 25.9. The number of hydrogen-bond donors (Lipinski definition) is 3. The van der Waals surface area contributed by atoms with Crippen LogP contribution in [0.3, 0.4) is 0 Å². The zero-order chi connectivity index (χ0) is 19.4. The number of rotatable bonds is 5. The van der Waals surface area contributed by atoms with E-state index in [0.29, 0.717) is 6.42 Å². The lowest BCUT2D eigenvalue weighted by molar-refractivity contribution is -0.926. The molecular formula is C25H28NO2+. The number of piperidine rings is 1. The number of likely N-dealkylation sites (tertiary alicyclic amines) is 1. The quantitative estimate of drug-likeness (QED) is 0.643. The molecule has 3 aromatic carbocycles. The molecule has 3 aromatic rings. The summed E-state index contributed by atoms with van der Waals surface area (Å²) in [6.07, 6.45) is -0.0780. The van der Waals surface area contributed by atoms with Crippen molar-refractivity contribution in [3.63, 3.8) is 0 Å². The van der Waals surface area contributed by atoms with Gasteiger partial charge in [-0.1, -0.05) is 91.0 Å². The summed E-state index contributed by atoms with van der Waals surface area (Å²) in [5, 5.41) is 23.0. The standard InChI is InChI=1S/C25H27NO2/c27-24(21-12-6-2-7-13-21)23-19-26(18-20-10-4-1-5-11-20)17-16-25(23,28)22-14-8-3-9-15-22/h1-15,23-24,27-28H,16-19H2/p+1/t23-,24+,25+/m0/s1. The molecule has 0 bridgehead atoms. The van der Waals surface area contributed by atoms with E-state index in [9.17, 15) is 10.2 Å². The van der Waals surface area contributed by atoms with Crippen molar-refractivity contribution in [2.24, 2.45) is 5.92 Å². The van der Waals surface area contributed by atoms with Crippen molar-refractivity contribution < 1.29 is 15.1 Å². The first kappa shape index (κ1) is 18.9. The number of hydrogen-bond acceptors (Lipinski definition) is 2. The third-order valence-electron chi connectivity index (χ3n) is 6.07. The highest BCUT2D eigenvalue weighted by Gasteiger charge is 2.48. The van der Waals surface area contributed by atoms with Gasteiger partial charge < -0.3 is 15.1 Å². The Labute approximate surface area is 166 Å². The molecule has 144 valence electrons. The van der Waals surface area contributed by atoms with E-state index < -0.39 is 11.7 Å². The van der Waals surface area contributed by atoms with E-state index in [2.05, 4.69) is 24.3 Å². The third-order valence-corrected chi connectivity index (χ3v) is 6.07. The van der Waals surface area contributed by atoms with Crippen LogP contribution in [0.5, 0.6) is 0 Å². The first-order chi connectivity index (χ1) is 13.7. The zero-order valence-corrected chi connectivity index (χ0v) is 16.0. The molecule has 1 aliphatic rings. The van der Waals surface area contributed by atoms with Crippen LogP contribution in [0.15, 0.2) is 91.0 Å². The van der Waals surface area contributed by atoms with E-state index in [1.165, 1.54) is 10.5 Å². The monoisotopic (exact) mass is 374 g/mol. The fourth-order valence-corrected chi connectivity index (χ4v) is 4.52. The molecule has 0 spiro atoms. The van der Waals surface area contributed by atoms with Gasteiger partial charge in [-0.2, -0.15) is 0 Å². The summed E-state index contributed by atoms with van der Waals surface area (Å²) in [5.41, 5.74) is 2.02. The lowest BCUT2D eigenvalue weighted by Crippen LogP contribution is -3.13. The Kier molecular flexibility index (Phi) is 5.58. The lowest BCUT2D eigenvalue weighted by atomic mass is 9.72. The molecular weight excluding hydrogens is 346 g/mol. The average molecular weight is 375 g/mol. The predicted molar refractivity (Wildman–Crippen MR) is 111 cm³/mol. The Morgan fingerprint density at radius 2 is 1.43 bits per heavy atom. The Morgan fingerprint density at radius 3 is 2.07 bits per heavy atom. The van der Waals surface area contributed by atoms with Crippen LogP contribution in [0.4, 0.5) is 0 Å². The van der Waals surface area contributed by atoms with Gasteiger partial charge in [-0.05, 0) is 11.1 Å². The first-order valence-electron chi connectivity index (χ1n) is 10.1. The zero-order valence-electron chi connectivity index (χ0n) is 16.0. The summed E-state index contributed by atoms with van der Waals surface area (Å²) in [6, 6.07) is 30.0. The first-order valence-corrected chi connectivity index (χ1v) is 10.1. The smallest absolute Gasteiger partial charge is 0.106 e. The van der Waals surface area contributed by atoms with Crippen molar-refractivity contribution in [1.82, 2.24) is 0 Å². The molecule has 4 rings (SSSR count). The largest absolute Gasteiger partial charge is 0.388 e. The van der Waals surface area contributed by atoms with Crippen LogP contribution in [0, 0.1) is 5.92 Å². The summed E-state index contributed by atoms with van der Waals surface area (Å²) in [6.45, 7) is 2.50. The molecule has 1 heterocycles. The van der Waals surface area contributed by atoms with E-state index >= 15 is 0 Å². The molecule has 0 radical (unpaired) electrons. The van der Waals surface area contributed by atoms with Crippen molar-refractivity contribution in [1.29, 1.82) is 0 Å². The van der Waals surface area contributed by atoms with Crippen molar-refractivity contribution >= 4 is 0 Å². The number of nitrogens with one attached hydrogen (secondary N) is 1. The Bertz CT molecular complexity index is 869. The molecule has 0 amide bonds. The number of benzene rings is 3. The molecule has 1 saturated heterocycles. The SMILES string of the molecule is O[C@H](c1ccccc1)[C@@H]1C[NH+](Cc2ccccc2)CC[C@@]1(O)c1ccccc1. The summed E-state index contributed by atoms with van der Waals surface area (Å²) >= 11 is 0. The number of quaternary nitrogens is 1. The topological polar surface area (TPSA) is 44.9 Å². The minimum atomic E-state index is -1.03. The van der Waals surface area contributed by atoms with Crippen LogP contribution in [-0.4, -0.2) is 23.3 Å². The predicted octanol–water partition coefficient (Wildman–Crippen LogP) is 2.71. The summed E-state index contributed by atoms with van der Waals surface area (Å²) in [4.78, 5) is 1.40. The van der Waals surface area contributed by atoms with E-state index in [4.69, 9.17) is 0 Å². The highest BCUT2D eigenvalue weighted by molar-refractivity contribution is 5.27. The molecule has 0 saturated carbocycles. The van der Waals surface area contributed by atoms with Crippen LogP contribution in [0.2, 0.25) is 0 Å². The minimum Gasteiger partial charge on any atom is -0.388 e. The van der Waals surface area contributed by atoms with Crippen molar-refractivity contribution in [2.75, 3.05) is 13.1 Å². The van der Waals surface area contributed by atoms with Crippen molar-refractivity contribution in [3.05, 3.63) is 108 Å². The fourth-order valence-electron chi connectivity index (χ4n) is 4.52. The highest BCUT2D eigenvalue weighted by atomic mass is 16.3. The third kappa shape index (κ3) is 3.88. The van der Waals surface area contributed by atoms with E-state index in [1.807, 2.05) is 66.7 Å². The van der Waals surface area contributed by atoms with E-state index in [1.54, 1.807) is 0 Å². The van der Waals surface area contributed by atoms with Gasteiger partial charge in [0.2, 0.25) is 0 Å². The van der Waals surface area contributed by atoms with E-state index in [-0.39, 0.29) is 5.92 Å². The van der Waals surface area contributed by atoms with Gasteiger partial charge in [-0.25, -0.2) is 0 Å². The summed E-state index contributed by atoms with van der Waals surface area (Å²) in [7, 11) is 0. The maximum atomic E-state index is 11.7. The molecule has 3 heteroatoms. The van der Waals surface area contributed by atoms with Gasteiger partial charge in [0.05, 0.1) is 25.1 Å². The van der Waals surface area contributed by atoms with Gasteiger partial charge in [0, 0.05) is 12.0 Å². The second-order valence-electron chi connectivity index (χ2n) is 7.87.